The van der Waals surface area contributed by atoms with Crippen LogP contribution in [0.2, 0.25) is 0 Å². The van der Waals surface area contributed by atoms with Crippen LogP contribution in [0.1, 0.15) is 28.4 Å². The van der Waals surface area contributed by atoms with Gasteiger partial charge >= 0.3 is 0 Å². The Morgan fingerprint density at radius 1 is 1.16 bits per heavy atom. The number of aromatic nitrogens is 1. The number of pyridine rings is 1. The minimum absolute atomic E-state index is 0.0492. The van der Waals surface area contributed by atoms with Crippen molar-refractivity contribution in [1.29, 1.82) is 0 Å². The third-order valence-corrected chi connectivity index (χ3v) is 3.22. The Labute approximate surface area is 113 Å². The molecule has 1 heterocycles. The van der Waals surface area contributed by atoms with Gasteiger partial charge in [0.05, 0.1) is 0 Å². The third kappa shape index (κ3) is 3.19. The molecule has 0 atom stereocenters. The Bertz CT molecular complexity index is 552. The molecule has 0 unspecified atom stereocenters. The van der Waals surface area contributed by atoms with Crippen LogP contribution in [0, 0.1) is 6.92 Å². The highest BCUT2D eigenvalue weighted by Crippen LogP contribution is 2.12. The third-order valence-electron chi connectivity index (χ3n) is 3.22. The molecule has 0 aliphatic carbocycles. The molecule has 0 radical (unpaired) electrons. The monoisotopic (exact) mass is 254 g/mol. The molecule has 0 N–H and O–H groups in total. The van der Waals surface area contributed by atoms with Gasteiger partial charge in [0.2, 0.25) is 0 Å². The van der Waals surface area contributed by atoms with Crippen molar-refractivity contribution in [2.45, 2.75) is 20.4 Å². The van der Waals surface area contributed by atoms with Gasteiger partial charge in [0, 0.05) is 31.0 Å². The molecule has 3 heteroatoms. The van der Waals surface area contributed by atoms with Gasteiger partial charge in [-0.2, -0.15) is 0 Å². The summed E-state index contributed by atoms with van der Waals surface area (Å²) in [5.74, 6) is 0.0492. The lowest BCUT2D eigenvalue weighted by molar-refractivity contribution is 0.0752. The fourth-order valence-corrected chi connectivity index (χ4v) is 2.00. The summed E-state index contributed by atoms with van der Waals surface area (Å²) in [6.07, 6.45) is 3.30. The fourth-order valence-electron chi connectivity index (χ4n) is 2.00. The summed E-state index contributed by atoms with van der Waals surface area (Å²) in [5.41, 5.74) is 3.08. The smallest absolute Gasteiger partial charge is 0.254 e. The number of rotatable bonds is 4. The molecule has 2 aromatic rings. The number of carbonyl (C=O) groups is 1. The largest absolute Gasteiger partial charge is 0.335 e. The second-order valence-corrected chi connectivity index (χ2v) is 4.48. The Kier molecular flexibility index (Phi) is 4.29. The van der Waals surface area contributed by atoms with E-state index in [0.29, 0.717) is 18.7 Å². The fraction of sp³-hybridized carbons (Fsp3) is 0.250. The van der Waals surface area contributed by atoms with E-state index in [0.717, 1.165) is 0 Å². The minimum atomic E-state index is 0.0492. The molecule has 0 saturated heterocycles. The topological polar surface area (TPSA) is 33.2 Å². The van der Waals surface area contributed by atoms with Gasteiger partial charge in [0.1, 0.15) is 0 Å². The summed E-state index contributed by atoms with van der Waals surface area (Å²) >= 11 is 0. The predicted molar refractivity (Wildman–Crippen MR) is 75.8 cm³/mol. The van der Waals surface area contributed by atoms with E-state index in [1.807, 2.05) is 24.0 Å². The second kappa shape index (κ2) is 6.14. The Balaban J connectivity index is 2.17. The number of benzene rings is 1. The molecular weight excluding hydrogens is 236 g/mol. The number of carbonyl (C=O) groups excluding carboxylic acids is 1. The van der Waals surface area contributed by atoms with Crippen molar-refractivity contribution in [3.05, 3.63) is 65.5 Å². The van der Waals surface area contributed by atoms with Gasteiger partial charge in [0.15, 0.2) is 0 Å². The molecule has 0 fully saturated rings. The van der Waals surface area contributed by atoms with E-state index in [1.165, 1.54) is 11.1 Å². The summed E-state index contributed by atoms with van der Waals surface area (Å²) in [4.78, 5) is 18.2. The normalized spacial score (nSPS) is 10.2. The zero-order valence-electron chi connectivity index (χ0n) is 11.3. The zero-order chi connectivity index (χ0) is 13.7. The van der Waals surface area contributed by atoms with E-state index >= 15 is 0 Å². The van der Waals surface area contributed by atoms with Crippen LogP contribution in [0.5, 0.6) is 0 Å². The SMILES string of the molecule is CCN(Cc1ccccc1C)C(=O)c1ccncc1. The molecule has 0 bridgehead atoms. The van der Waals surface area contributed by atoms with Crippen molar-refractivity contribution in [2.75, 3.05) is 6.54 Å². The van der Waals surface area contributed by atoms with Gasteiger partial charge in [-0.05, 0) is 37.1 Å². The summed E-state index contributed by atoms with van der Waals surface area (Å²) < 4.78 is 0. The van der Waals surface area contributed by atoms with Crippen LogP contribution in [0.15, 0.2) is 48.8 Å². The highest BCUT2D eigenvalue weighted by atomic mass is 16.2. The Morgan fingerprint density at radius 2 is 1.84 bits per heavy atom. The number of aryl methyl sites for hydroxylation is 1. The molecule has 0 aliphatic rings. The first-order valence-electron chi connectivity index (χ1n) is 6.46. The van der Waals surface area contributed by atoms with Crippen molar-refractivity contribution in [3.63, 3.8) is 0 Å². The molecular formula is C16H18N2O. The van der Waals surface area contributed by atoms with E-state index in [4.69, 9.17) is 0 Å². The lowest BCUT2D eigenvalue weighted by atomic mass is 10.1. The van der Waals surface area contributed by atoms with Crippen LogP contribution in [-0.4, -0.2) is 22.3 Å². The molecule has 0 spiro atoms. The van der Waals surface area contributed by atoms with E-state index in [1.54, 1.807) is 24.5 Å². The second-order valence-electron chi connectivity index (χ2n) is 4.48. The van der Waals surface area contributed by atoms with E-state index in [9.17, 15) is 4.79 Å². The molecule has 1 aromatic heterocycles. The first-order valence-corrected chi connectivity index (χ1v) is 6.46. The molecule has 0 saturated carbocycles. The quantitative estimate of drug-likeness (QED) is 0.840. The highest BCUT2D eigenvalue weighted by molar-refractivity contribution is 5.94. The van der Waals surface area contributed by atoms with Crippen LogP contribution < -0.4 is 0 Å². The van der Waals surface area contributed by atoms with Crippen LogP contribution >= 0.6 is 0 Å². The Hall–Kier alpha value is -2.16. The van der Waals surface area contributed by atoms with Crippen molar-refractivity contribution in [2.24, 2.45) is 0 Å². The predicted octanol–water partition coefficient (Wildman–Crippen LogP) is 3.05. The maximum absolute atomic E-state index is 12.4. The number of amides is 1. The van der Waals surface area contributed by atoms with Crippen molar-refractivity contribution < 1.29 is 4.79 Å². The number of nitrogens with zero attached hydrogens (tertiary/aromatic N) is 2. The average molecular weight is 254 g/mol. The minimum Gasteiger partial charge on any atom is -0.335 e. The average Bonchev–Trinajstić information content (AvgIpc) is 2.47. The van der Waals surface area contributed by atoms with Gasteiger partial charge in [-0.15, -0.1) is 0 Å². The molecule has 3 nitrogen and oxygen atoms in total. The highest BCUT2D eigenvalue weighted by Gasteiger charge is 2.14. The van der Waals surface area contributed by atoms with Gasteiger partial charge in [0.25, 0.3) is 5.91 Å². The molecule has 19 heavy (non-hydrogen) atoms. The van der Waals surface area contributed by atoms with Gasteiger partial charge < -0.3 is 4.90 Å². The summed E-state index contributed by atoms with van der Waals surface area (Å²) in [6.45, 7) is 5.40. The van der Waals surface area contributed by atoms with Crippen LogP contribution in [-0.2, 0) is 6.54 Å². The Morgan fingerprint density at radius 3 is 2.47 bits per heavy atom. The summed E-state index contributed by atoms with van der Waals surface area (Å²) in [7, 11) is 0. The van der Waals surface area contributed by atoms with E-state index < -0.39 is 0 Å². The van der Waals surface area contributed by atoms with Crippen LogP contribution in [0.3, 0.4) is 0 Å². The first-order chi connectivity index (χ1) is 9.22. The van der Waals surface area contributed by atoms with Gasteiger partial charge in [-0.25, -0.2) is 0 Å². The molecule has 98 valence electrons. The standard InChI is InChI=1S/C16H18N2O/c1-3-18(12-15-7-5-4-6-13(15)2)16(19)14-8-10-17-11-9-14/h4-11H,3,12H2,1-2H3. The van der Waals surface area contributed by atoms with Gasteiger partial charge in [-0.1, -0.05) is 24.3 Å². The van der Waals surface area contributed by atoms with Crippen molar-refractivity contribution >= 4 is 5.91 Å². The first kappa shape index (κ1) is 13.3. The molecule has 1 amide bonds. The maximum atomic E-state index is 12.4. The maximum Gasteiger partial charge on any atom is 0.254 e. The summed E-state index contributed by atoms with van der Waals surface area (Å²) in [6, 6.07) is 11.7. The lowest BCUT2D eigenvalue weighted by Crippen LogP contribution is -2.30. The van der Waals surface area contributed by atoms with Gasteiger partial charge in [-0.3, -0.25) is 9.78 Å². The molecule has 1 aromatic carbocycles. The number of hydrogen-bond acceptors (Lipinski definition) is 2. The van der Waals surface area contributed by atoms with Crippen molar-refractivity contribution in [1.82, 2.24) is 9.88 Å². The van der Waals surface area contributed by atoms with Crippen LogP contribution in [0.4, 0.5) is 0 Å². The van der Waals surface area contributed by atoms with Crippen molar-refractivity contribution in [3.8, 4) is 0 Å². The molecule has 2 rings (SSSR count). The van der Waals surface area contributed by atoms with E-state index in [-0.39, 0.29) is 5.91 Å². The number of hydrogen-bond donors (Lipinski definition) is 0. The zero-order valence-corrected chi connectivity index (χ0v) is 11.3. The lowest BCUT2D eigenvalue weighted by Gasteiger charge is -2.22. The van der Waals surface area contributed by atoms with E-state index in [2.05, 4.69) is 24.0 Å². The molecule has 0 aliphatic heterocycles. The summed E-state index contributed by atoms with van der Waals surface area (Å²) in [5, 5.41) is 0. The van der Waals surface area contributed by atoms with Crippen LogP contribution in [0.25, 0.3) is 0 Å².